The van der Waals surface area contributed by atoms with Crippen LogP contribution in [0.1, 0.15) is 15.9 Å². The minimum Gasteiger partial charge on any atom is -0.507 e. The summed E-state index contributed by atoms with van der Waals surface area (Å²) in [5.41, 5.74) is 4.45. The zero-order valence-electron chi connectivity index (χ0n) is 17.4. The minimum atomic E-state index is -0.653. The van der Waals surface area contributed by atoms with E-state index in [0.717, 1.165) is 16.3 Å². The Morgan fingerprint density at radius 3 is 2.24 bits per heavy atom. The number of fused-ring (bicyclic) bond motifs is 1. The van der Waals surface area contributed by atoms with Gasteiger partial charge in [-0.2, -0.15) is 0 Å². The van der Waals surface area contributed by atoms with E-state index in [4.69, 9.17) is 4.84 Å². The molecule has 0 saturated heterocycles. The Labute approximate surface area is 189 Å². The summed E-state index contributed by atoms with van der Waals surface area (Å²) in [5.74, 6) is -1.36. The summed E-state index contributed by atoms with van der Waals surface area (Å²) < 4.78 is 0. The number of aromatic hydroxyl groups is 1. The van der Waals surface area contributed by atoms with Gasteiger partial charge in [0.15, 0.2) is 0 Å². The molecule has 0 aromatic heterocycles. The summed E-state index contributed by atoms with van der Waals surface area (Å²) in [6, 6.07) is 26.3. The molecule has 7 nitrogen and oxygen atoms in total. The first-order valence-electron chi connectivity index (χ1n) is 10.1. The molecule has 0 unspecified atom stereocenters. The van der Waals surface area contributed by atoms with Crippen LogP contribution in [0.25, 0.3) is 16.8 Å². The van der Waals surface area contributed by atoms with Crippen LogP contribution in [-0.2, 0) is 9.63 Å². The number of rotatable bonds is 6. The van der Waals surface area contributed by atoms with Crippen LogP contribution in [0.4, 0.5) is 11.4 Å². The van der Waals surface area contributed by atoms with Crippen LogP contribution in [-0.4, -0.2) is 17.0 Å². The number of nitrogens with one attached hydrogen (secondary N) is 1. The van der Waals surface area contributed by atoms with Crippen LogP contribution >= 0.6 is 0 Å². The number of carbonyl (C=O) groups excluding carboxylic acids is 2. The fraction of sp³-hybridized carbons (Fsp3) is 0. The Kier molecular flexibility index (Phi) is 6.51. The van der Waals surface area contributed by atoms with Crippen LogP contribution in [0.3, 0.4) is 0 Å². The molecule has 33 heavy (non-hydrogen) atoms. The van der Waals surface area contributed by atoms with Crippen LogP contribution in [0.2, 0.25) is 0 Å². The van der Waals surface area contributed by atoms with Gasteiger partial charge in [0.2, 0.25) is 0 Å². The average Bonchev–Trinajstić information content (AvgIpc) is 2.85. The van der Waals surface area contributed by atoms with Gasteiger partial charge in [-0.3, -0.25) is 4.79 Å². The van der Waals surface area contributed by atoms with Crippen molar-refractivity contribution in [3.63, 3.8) is 0 Å². The van der Waals surface area contributed by atoms with Gasteiger partial charge in [0.05, 0.1) is 16.9 Å². The SMILES string of the molecule is O=C(C=Cc1ccccc1)ONc1ccc(N=NC(=O)c2cc3ccccc3cc2O)cc1. The Morgan fingerprint density at radius 2 is 1.52 bits per heavy atom. The maximum atomic E-state index is 12.4. The van der Waals surface area contributed by atoms with Gasteiger partial charge in [-0.15, -0.1) is 10.2 Å². The molecule has 0 heterocycles. The van der Waals surface area contributed by atoms with E-state index in [0.29, 0.717) is 11.4 Å². The highest BCUT2D eigenvalue weighted by Gasteiger charge is 2.12. The molecule has 0 saturated carbocycles. The third-order valence-electron chi connectivity index (χ3n) is 4.70. The van der Waals surface area contributed by atoms with Crippen molar-refractivity contribution in [1.82, 2.24) is 0 Å². The van der Waals surface area contributed by atoms with Gasteiger partial charge in [-0.05, 0) is 58.8 Å². The first-order valence-corrected chi connectivity index (χ1v) is 10.1. The lowest BCUT2D eigenvalue weighted by molar-refractivity contribution is -0.134. The normalized spacial score (nSPS) is 11.2. The van der Waals surface area contributed by atoms with Gasteiger partial charge in [0.1, 0.15) is 5.75 Å². The molecule has 4 rings (SSSR count). The molecule has 2 N–H and O–H groups in total. The molecule has 0 radical (unpaired) electrons. The summed E-state index contributed by atoms with van der Waals surface area (Å²) in [6.07, 6.45) is 2.97. The molecular weight excluding hydrogens is 418 g/mol. The molecule has 4 aromatic rings. The molecule has 162 valence electrons. The third-order valence-corrected chi connectivity index (χ3v) is 4.70. The second-order valence-corrected chi connectivity index (χ2v) is 7.04. The predicted molar refractivity (Wildman–Crippen MR) is 126 cm³/mol. The maximum absolute atomic E-state index is 12.4. The Morgan fingerprint density at radius 1 is 0.848 bits per heavy atom. The van der Waals surface area contributed by atoms with Crippen LogP contribution < -0.4 is 5.48 Å². The highest BCUT2D eigenvalue weighted by molar-refractivity contribution is 6.01. The number of azo groups is 1. The molecule has 1 amide bonds. The van der Waals surface area contributed by atoms with E-state index in [-0.39, 0.29) is 11.3 Å². The van der Waals surface area contributed by atoms with E-state index in [1.165, 1.54) is 12.1 Å². The topological polar surface area (TPSA) is 100 Å². The lowest BCUT2D eigenvalue weighted by Crippen LogP contribution is -2.07. The van der Waals surface area contributed by atoms with Gasteiger partial charge in [-0.25, -0.2) is 10.3 Å². The highest BCUT2D eigenvalue weighted by Crippen LogP contribution is 2.26. The van der Waals surface area contributed by atoms with E-state index >= 15 is 0 Å². The fourth-order valence-corrected chi connectivity index (χ4v) is 3.02. The molecule has 0 fully saturated rings. The largest absolute Gasteiger partial charge is 0.507 e. The van der Waals surface area contributed by atoms with Crippen molar-refractivity contribution in [2.75, 3.05) is 5.48 Å². The van der Waals surface area contributed by atoms with Crippen LogP contribution in [0, 0.1) is 0 Å². The molecule has 0 aliphatic carbocycles. The summed E-state index contributed by atoms with van der Waals surface area (Å²) in [6.45, 7) is 0. The molecule has 0 bridgehead atoms. The van der Waals surface area contributed by atoms with Crippen molar-refractivity contribution in [3.8, 4) is 5.75 Å². The Hall–Kier alpha value is -4.78. The van der Waals surface area contributed by atoms with E-state index in [9.17, 15) is 14.7 Å². The monoisotopic (exact) mass is 437 g/mol. The van der Waals surface area contributed by atoms with Gasteiger partial charge in [0.25, 0.3) is 5.91 Å². The number of nitrogens with zero attached hydrogens (tertiary/aromatic N) is 2. The second-order valence-electron chi connectivity index (χ2n) is 7.04. The Balaban J connectivity index is 1.34. The Bertz CT molecular complexity index is 1350. The minimum absolute atomic E-state index is 0.0752. The van der Waals surface area contributed by atoms with Crippen molar-refractivity contribution < 1.29 is 19.5 Å². The zero-order valence-corrected chi connectivity index (χ0v) is 17.4. The smallest absolute Gasteiger partial charge is 0.355 e. The first kappa shape index (κ1) is 21.5. The predicted octanol–water partition coefficient (Wildman–Crippen LogP) is 6.05. The number of hydrogen-bond acceptors (Lipinski definition) is 6. The summed E-state index contributed by atoms with van der Waals surface area (Å²) >= 11 is 0. The van der Waals surface area contributed by atoms with Crippen molar-refractivity contribution in [2.24, 2.45) is 10.2 Å². The molecular formula is C26H19N3O4. The number of phenols is 1. The van der Waals surface area contributed by atoms with Gasteiger partial charge >= 0.3 is 5.97 Å². The number of carbonyl (C=O) groups is 2. The number of anilines is 1. The van der Waals surface area contributed by atoms with Gasteiger partial charge in [0, 0.05) is 6.08 Å². The van der Waals surface area contributed by atoms with Crippen molar-refractivity contribution >= 4 is 40.1 Å². The summed E-state index contributed by atoms with van der Waals surface area (Å²) in [5, 5.41) is 19.4. The van der Waals surface area contributed by atoms with Crippen molar-refractivity contribution in [3.05, 3.63) is 108 Å². The summed E-state index contributed by atoms with van der Waals surface area (Å²) in [7, 11) is 0. The molecule has 0 aliphatic heterocycles. The van der Waals surface area contributed by atoms with Crippen molar-refractivity contribution in [2.45, 2.75) is 0 Å². The lowest BCUT2D eigenvalue weighted by Gasteiger charge is -2.05. The molecule has 0 aliphatic rings. The number of benzene rings is 4. The lowest BCUT2D eigenvalue weighted by atomic mass is 10.1. The average molecular weight is 437 g/mol. The molecule has 0 spiro atoms. The molecule has 4 aromatic carbocycles. The molecule has 0 atom stereocenters. The van der Waals surface area contributed by atoms with Gasteiger partial charge < -0.3 is 9.94 Å². The maximum Gasteiger partial charge on any atom is 0.355 e. The van der Waals surface area contributed by atoms with E-state index < -0.39 is 11.9 Å². The highest BCUT2D eigenvalue weighted by atomic mass is 16.7. The van der Waals surface area contributed by atoms with Gasteiger partial charge in [-0.1, -0.05) is 54.6 Å². The zero-order chi connectivity index (χ0) is 23.0. The number of phenolic OH excluding ortho intramolecular Hbond substituents is 1. The van der Waals surface area contributed by atoms with E-state index in [1.807, 2.05) is 54.6 Å². The van der Waals surface area contributed by atoms with Crippen LogP contribution in [0.15, 0.2) is 107 Å². The standard InChI is InChI=1S/C26H19N3O4/c30-24-17-20-9-5-4-8-19(20)16-23(24)26(32)28-27-21-11-13-22(14-12-21)29-33-25(31)15-10-18-6-2-1-3-7-18/h1-17,29-30H. The number of hydrogen-bond donors (Lipinski definition) is 2. The number of amides is 1. The second kappa shape index (κ2) is 10.0. The fourth-order valence-electron chi connectivity index (χ4n) is 3.02. The van der Waals surface area contributed by atoms with Crippen molar-refractivity contribution in [1.29, 1.82) is 0 Å². The first-order chi connectivity index (χ1) is 16.1. The van der Waals surface area contributed by atoms with E-state index in [1.54, 1.807) is 36.4 Å². The third kappa shape index (κ3) is 5.68. The quantitative estimate of drug-likeness (QED) is 0.217. The molecule has 7 heteroatoms. The van der Waals surface area contributed by atoms with E-state index in [2.05, 4.69) is 15.7 Å². The van der Waals surface area contributed by atoms with Crippen LogP contribution in [0.5, 0.6) is 5.75 Å². The summed E-state index contributed by atoms with van der Waals surface area (Å²) in [4.78, 5) is 29.2.